The van der Waals surface area contributed by atoms with Crippen molar-refractivity contribution in [2.45, 2.75) is 25.8 Å². The number of halogens is 1. The average Bonchev–Trinajstić information content (AvgIpc) is 2.24. The lowest BCUT2D eigenvalue weighted by molar-refractivity contribution is 0.0541. The molecule has 5 heteroatoms. The lowest BCUT2D eigenvalue weighted by atomic mass is 10.5. The molecule has 0 aliphatic heterocycles. The van der Waals surface area contributed by atoms with Gasteiger partial charge in [-0.2, -0.15) is 0 Å². The summed E-state index contributed by atoms with van der Waals surface area (Å²) in [5, 5.41) is 0. The van der Waals surface area contributed by atoms with Gasteiger partial charge in [-0.25, -0.2) is 4.98 Å². The molecule has 1 aromatic rings. The normalized spacial score (nSPS) is 10.7. The van der Waals surface area contributed by atoms with Crippen molar-refractivity contribution < 1.29 is 9.47 Å². The first-order valence-electron chi connectivity index (χ1n) is 4.83. The van der Waals surface area contributed by atoms with Crippen LogP contribution in [0.3, 0.4) is 0 Å². The zero-order valence-electron chi connectivity index (χ0n) is 8.94. The fourth-order valence-electron chi connectivity index (χ4n) is 0.950. The quantitative estimate of drug-likeness (QED) is 0.554. The molecule has 0 atom stereocenters. The summed E-state index contributed by atoms with van der Waals surface area (Å²) in [6.07, 6.45) is 3.39. The first-order valence-corrected chi connectivity index (χ1v) is 5.37. The SMILES string of the molecule is CC(C)OCCOc1cncc(CCl)n1. The zero-order valence-corrected chi connectivity index (χ0v) is 9.70. The summed E-state index contributed by atoms with van der Waals surface area (Å²) >= 11 is 5.62. The van der Waals surface area contributed by atoms with Crippen LogP contribution in [0.15, 0.2) is 12.4 Å². The molecule has 0 bridgehead atoms. The summed E-state index contributed by atoms with van der Waals surface area (Å²) in [5.41, 5.74) is 0.707. The molecular formula is C10H15ClN2O2. The van der Waals surface area contributed by atoms with E-state index in [9.17, 15) is 0 Å². The van der Waals surface area contributed by atoms with Gasteiger partial charge in [0.25, 0.3) is 0 Å². The van der Waals surface area contributed by atoms with Crippen LogP contribution in [0.2, 0.25) is 0 Å². The molecule has 0 saturated heterocycles. The Labute approximate surface area is 94.6 Å². The summed E-state index contributed by atoms with van der Waals surface area (Å²) in [6, 6.07) is 0. The first-order chi connectivity index (χ1) is 7.22. The van der Waals surface area contributed by atoms with Gasteiger partial charge in [-0.05, 0) is 13.8 Å². The number of aromatic nitrogens is 2. The zero-order chi connectivity index (χ0) is 11.1. The molecule has 0 fully saturated rings. The second kappa shape index (κ2) is 6.58. The van der Waals surface area contributed by atoms with E-state index >= 15 is 0 Å². The molecule has 1 heterocycles. The minimum atomic E-state index is 0.217. The highest BCUT2D eigenvalue weighted by Crippen LogP contribution is 2.06. The van der Waals surface area contributed by atoms with Crippen LogP contribution in [-0.4, -0.2) is 29.3 Å². The summed E-state index contributed by atoms with van der Waals surface area (Å²) in [5.74, 6) is 0.827. The van der Waals surface area contributed by atoms with Crippen molar-refractivity contribution in [3.05, 3.63) is 18.1 Å². The van der Waals surface area contributed by atoms with E-state index in [1.54, 1.807) is 12.4 Å². The van der Waals surface area contributed by atoms with Gasteiger partial charge in [0, 0.05) is 6.20 Å². The minimum absolute atomic E-state index is 0.217. The van der Waals surface area contributed by atoms with E-state index in [1.165, 1.54) is 0 Å². The predicted molar refractivity (Wildman–Crippen MR) is 58.2 cm³/mol. The second-order valence-corrected chi connectivity index (χ2v) is 3.52. The third kappa shape index (κ3) is 4.95. The Kier molecular flexibility index (Phi) is 5.36. The van der Waals surface area contributed by atoms with Crippen molar-refractivity contribution in [2.24, 2.45) is 0 Å². The molecule has 0 aliphatic rings. The van der Waals surface area contributed by atoms with Crippen LogP contribution in [0.5, 0.6) is 5.88 Å². The van der Waals surface area contributed by atoms with Gasteiger partial charge in [-0.15, -0.1) is 11.6 Å². The standard InChI is InChI=1S/C10H15ClN2O2/c1-8(2)14-3-4-15-10-7-12-6-9(5-11)13-10/h6-8H,3-5H2,1-2H3. The summed E-state index contributed by atoms with van der Waals surface area (Å²) in [7, 11) is 0. The fourth-order valence-corrected chi connectivity index (χ4v) is 1.08. The van der Waals surface area contributed by atoms with Gasteiger partial charge in [0.2, 0.25) is 5.88 Å². The maximum absolute atomic E-state index is 5.62. The molecule has 84 valence electrons. The highest BCUT2D eigenvalue weighted by Gasteiger charge is 1.99. The van der Waals surface area contributed by atoms with Crippen LogP contribution in [0.25, 0.3) is 0 Å². The molecule has 0 amide bonds. The van der Waals surface area contributed by atoms with E-state index in [2.05, 4.69) is 9.97 Å². The van der Waals surface area contributed by atoms with Crippen LogP contribution in [0.1, 0.15) is 19.5 Å². The van der Waals surface area contributed by atoms with Crippen LogP contribution in [-0.2, 0) is 10.6 Å². The van der Waals surface area contributed by atoms with E-state index in [0.29, 0.717) is 30.7 Å². The number of alkyl halides is 1. The Morgan fingerprint density at radius 3 is 2.80 bits per heavy atom. The molecule has 0 spiro atoms. The number of hydrogen-bond acceptors (Lipinski definition) is 4. The Morgan fingerprint density at radius 2 is 2.13 bits per heavy atom. The van der Waals surface area contributed by atoms with Crippen molar-refractivity contribution in [3.8, 4) is 5.88 Å². The highest BCUT2D eigenvalue weighted by atomic mass is 35.5. The Hall–Kier alpha value is -0.870. The van der Waals surface area contributed by atoms with E-state index in [1.807, 2.05) is 13.8 Å². The Bertz CT molecular complexity index is 295. The molecular weight excluding hydrogens is 216 g/mol. The van der Waals surface area contributed by atoms with Crippen LogP contribution in [0, 0.1) is 0 Å². The average molecular weight is 231 g/mol. The molecule has 0 N–H and O–H groups in total. The maximum Gasteiger partial charge on any atom is 0.232 e. The number of nitrogens with zero attached hydrogens (tertiary/aromatic N) is 2. The maximum atomic E-state index is 5.62. The highest BCUT2D eigenvalue weighted by molar-refractivity contribution is 6.16. The molecule has 0 saturated carbocycles. The smallest absolute Gasteiger partial charge is 0.232 e. The van der Waals surface area contributed by atoms with E-state index < -0.39 is 0 Å². The first kappa shape index (κ1) is 12.2. The van der Waals surface area contributed by atoms with Crippen molar-refractivity contribution in [1.29, 1.82) is 0 Å². The fraction of sp³-hybridized carbons (Fsp3) is 0.600. The molecule has 1 rings (SSSR count). The van der Waals surface area contributed by atoms with E-state index in [0.717, 1.165) is 0 Å². The lowest BCUT2D eigenvalue weighted by Gasteiger charge is -2.08. The summed E-state index contributed by atoms with van der Waals surface area (Å²) < 4.78 is 10.7. The van der Waals surface area contributed by atoms with Gasteiger partial charge >= 0.3 is 0 Å². The minimum Gasteiger partial charge on any atom is -0.474 e. The van der Waals surface area contributed by atoms with Gasteiger partial charge in [0.15, 0.2) is 0 Å². The molecule has 1 aromatic heterocycles. The second-order valence-electron chi connectivity index (χ2n) is 3.25. The predicted octanol–water partition coefficient (Wildman–Crippen LogP) is 2.02. The Balaban J connectivity index is 2.30. The lowest BCUT2D eigenvalue weighted by Crippen LogP contribution is -2.12. The van der Waals surface area contributed by atoms with Crippen molar-refractivity contribution in [1.82, 2.24) is 9.97 Å². The number of rotatable bonds is 6. The monoisotopic (exact) mass is 230 g/mol. The van der Waals surface area contributed by atoms with Crippen LogP contribution < -0.4 is 4.74 Å². The van der Waals surface area contributed by atoms with E-state index in [-0.39, 0.29) is 6.10 Å². The third-order valence-electron chi connectivity index (χ3n) is 1.58. The van der Waals surface area contributed by atoms with Crippen molar-refractivity contribution in [2.75, 3.05) is 13.2 Å². The summed E-state index contributed by atoms with van der Waals surface area (Å²) in [4.78, 5) is 8.09. The van der Waals surface area contributed by atoms with Gasteiger partial charge in [-0.1, -0.05) is 0 Å². The van der Waals surface area contributed by atoms with Crippen molar-refractivity contribution >= 4 is 11.6 Å². The van der Waals surface area contributed by atoms with Gasteiger partial charge in [0.1, 0.15) is 6.61 Å². The largest absolute Gasteiger partial charge is 0.474 e. The molecule has 4 nitrogen and oxygen atoms in total. The summed E-state index contributed by atoms with van der Waals surface area (Å²) in [6.45, 7) is 4.98. The van der Waals surface area contributed by atoms with Crippen LogP contribution in [0.4, 0.5) is 0 Å². The third-order valence-corrected chi connectivity index (χ3v) is 1.86. The van der Waals surface area contributed by atoms with Gasteiger partial charge in [0.05, 0.1) is 30.5 Å². The molecule has 15 heavy (non-hydrogen) atoms. The molecule has 0 unspecified atom stereocenters. The van der Waals surface area contributed by atoms with Gasteiger partial charge < -0.3 is 9.47 Å². The molecule has 0 radical (unpaired) electrons. The van der Waals surface area contributed by atoms with Crippen molar-refractivity contribution in [3.63, 3.8) is 0 Å². The topological polar surface area (TPSA) is 44.2 Å². The van der Waals surface area contributed by atoms with Gasteiger partial charge in [-0.3, -0.25) is 4.98 Å². The van der Waals surface area contributed by atoms with Crippen LogP contribution >= 0.6 is 11.6 Å². The Morgan fingerprint density at radius 1 is 1.33 bits per heavy atom. The van der Waals surface area contributed by atoms with E-state index in [4.69, 9.17) is 21.1 Å². The number of hydrogen-bond donors (Lipinski definition) is 0. The molecule has 0 aromatic carbocycles. The molecule has 0 aliphatic carbocycles. The number of ether oxygens (including phenoxy) is 2.